The number of nitrogens with two attached hydrogens (primary N) is 1. The summed E-state index contributed by atoms with van der Waals surface area (Å²) in [5.41, 5.74) is 8.14. The summed E-state index contributed by atoms with van der Waals surface area (Å²) in [6.07, 6.45) is -0.116. The van der Waals surface area contributed by atoms with Gasteiger partial charge in [-0.3, -0.25) is 9.59 Å². The number of nitrogens with zero attached hydrogens (tertiary/aromatic N) is 1. The molecule has 18 heavy (non-hydrogen) atoms. The Bertz CT molecular complexity index is 501. The topological polar surface area (TPSA) is 95.7 Å². The lowest BCUT2D eigenvalue weighted by molar-refractivity contribution is -0.137. The van der Waals surface area contributed by atoms with Crippen molar-refractivity contribution >= 4 is 23.3 Å². The van der Waals surface area contributed by atoms with Gasteiger partial charge in [-0.2, -0.15) is 0 Å². The molecule has 0 saturated heterocycles. The molecule has 1 amide bonds. The minimum absolute atomic E-state index is 0.0624. The molecular formula is C12H15N3O3. The van der Waals surface area contributed by atoms with E-state index in [1.54, 1.807) is 12.1 Å². The molecule has 1 atom stereocenters. The maximum Gasteiger partial charge on any atom is 0.305 e. The van der Waals surface area contributed by atoms with E-state index in [0.29, 0.717) is 0 Å². The molecular weight excluding hydrogens is 234 g/mol. The zero-order chi connectivity index (χ0) is 13.3. The van der Waals surface area contributed by atoms with E-state index in [2.05, 4.69) is 5.32 Å². The van der Waals surface area contributed by atoms with E-state index in [0.717, 1.165) is 16.9 Å². The highest BCUT2D eigenvalue weighted by Crippen LogP contribution is 2.31. The highest BCUT2D eigenvalue weighted by atomic mass is 16.4. The van der Waals surface area contributed by atoms with Crippen molar-refractivity contribution in [2.24, 2.45) is 5.73 Å². The minimum atomic E-state index is -0.929. The van der Waals surface area contributed by atoms with E-state index in [4.69, 9.17) is 10.8 Å². The maximum atomic E-state index is 11.3. The fourth-order valence-corrected chi connectivity index (χ4v) is 2.00. The van der Waals surface area contributed by atoms with Crippen LogP contribution in [0.15, 0.2) is 18.2 Å². The molecule has 1 aromatic rings. The highest BCUT2D eigenvalue weighted by Gasteiger charge is 2.20. The van der Waals surface area contributed by atoms with E-state index in [-0.39, 0.29) is 18.9 Å². The number of amides is 1. The van der Waals surface area contributed by atoms with Crippen LogP contribution in [0.25, 0.3) is 0 Å². The van der Waals surface area contributed by atoms with Gasteiger partial charge in [-0.05, 0) is 17.7 Å². The Balaban J connectivity index is 2.29. The Morgan fingerprint density at radius 3 is 3.00 bits per heavy atom. The Kier molecular flexibility index (Phi) is 3.20. The quantitative estimate of drug-likeness (QED) is 0.727. The first kappa shape index (κ1) is 12.4. The number of aliphatic carboxylic acids is 1. The Hall–Kier alpha value is -2.08. The number of rotatable bonds is 3. The molecule has 1 aliphatic rings. The number of carboxylic acid groups (broad SMARTS) is 1. The van der Waals surface area contributed by atoms with Crippen LogP contribution in [0.1, 0.15) is 18.0 Å². The molecule has 0 bridgehead atoms. The second kappa shape index (κ2) is 4.66. The Labute approximate surface area is 104 Å². The monoisotopic (exact) mass is 249 g/mol. The summed E-state index contributed by atoms with van der Waals surface area (Å²) in [5, 5.41) is 11.5. The average molecular weight is 249 g/mol. The number of carbonyl (C=O) groups excluding carboxylic acids is 1. The van der Waals surface area contributed by atoms with Gasteiger partial charge in [-0.1, -0.05) is 6.07 Å². The van der Waals surface area contributed by atoms with Crippen LogP contribution in [-0.4, -0.2) is 30.6 Å². The van der Waals surface area contributed by atoms with Crippen molar-refractivity contribution in [3.8, 4) is 0 Å². The number of hydrogen-bond donors (Lipinski definition) is 3. The van der Waals surface area contributed by atoms with Crippen molar-refractivity contribution in [3.63, 3.8) is 0 Å². The third kappa shape index (κ3) is 2.43. The molecule has 0 spiro atoms. The number of carboxylic acids is 1. The van der Waals surface area contributed by atoms with Gasteiger partial charge in [-0.15, -0.1) is 0 Å². The normalized spacial score (nSPS) is 15.9. The van der Waals surface area contributed by atoms with E-state index >= 15 is 0 Å². The molecule has 0 aromatic heterocycles. The fraction of sp³-hybridized carbons (Fsp3) is 0.333. The summed E-state index contributed by atoms with van der Waals surface area (Å²) < 4.78 is 0. The lowest BCUT2D eigenvalue weighted by Gasteiger charge is -2.28. The van der Waals surface area contributed by atoms with Crippen LogP contribution >= 0.6 is 0 Å². The first-order chi connectivity index (χ1) is 8.47. The van der Waals surface area contributed by atoms with Crippen molar-refractivity contribution in [1.29, 1.82) is 0 Å². The molecule has 6 nitrogen and oxygen atoms in total. The van der Waals surface area contributed by atoms with Crippen LogP contribution in [0.3, 0.4) is 0 Å². The molecule has 0 aliphatic carbocycles. The second-order valence-electron chi connectivity index (χ2n) is 4.39. The van der Waals surface area contributed by atoms with Gasteiger partial charge in [0, 0.05) is 13.1 Å². The highest BCUT2D eigenvalue weighted by molar-refractivity contribution is 6.01. The van der Waals surface area contributed by atoms with Gasteiger partial charge >= 0.3 is 5.97 Å². The Morgan fingerprint density at radius 2 is 2.33 bits per heavy atom. The summed E-state index contributed by atoms with van der Waals surface area (Å²) >= 11 is 0. The molecule has 6 heteroatoms. The number of likely N-dealkylation sites (N-methyl/N-ethyl adjacent to an activating group) is 1. The van der Waals surface area contributed by atoms with Gasteiger partial charge in [0.05, 0.1) is 24.3 Å². The number of anilines is 2. The standard InChI is InChI=1S/C12H15N3O3/c1-15-6-11(16)14-9-3-2-7(4-10(9)15)8(13)5-12(17)18/h2-4,8H,5-6,13H2,1H3,(H,14,16)(H,17,18). The number of carbonyl (C=O) groups is 2. The van der Waals surface area contributed by atoms with Gasteiger partial charge in [-0.25, -0.2) is 0 Å². The third-order valence-corrected chi connectivity index (χ3v) is 2.91. The Morgan fingerprint density at radius 1 is 1.61 bits per heavy atom. The van der Waals surface area contributed by atoms with Crippen LogP contribution in [-0.2, 0) is 9.59 Å². The van der Waals surface area contributed by atoms with Gasteiger partial charge in [0.1, 0.15) is 0 Å². The summed E-state index contributed by atoms with van der Waals surface area (Å²) in [7, 11) is 1.81. The molecule has 1 unspecified atom stereocenters. The minimum Gasteiger partial charge on any atom is -0.481 e. The molecule has 1 aliphatic heterocycles. The lowest BCUT2D eigenvalue weighted by atomic mass is 10.0. The predicted octanol–water partition coefficient (Wildman–Crippen LogP) is 0.549. The van der Waals surface area contributed by atoms with Crippen LogP contribution in [0.4, 0.5) is 11.4 Å². The van der Waals surface area contributed by atoms with Crippen LogP contribution in [0, 0.1) is 0 Å². The zero-order valence-electron chi connectivity index (χ0n) is 10.0. The van der Waals surface area contributed by atoms with Gasteiger partial charge in [0.15, 0.2) is 0 Å². The second-order valence-corrected chi connectivity index (χ2v) is 4.39. The van der Waals surface area contributed by atoms with Crippen molar-refractivity contribution < 1.29 is 14.7 Å². The summed E-state index contributed by atoms with van der Waals surface area (Å²) in [6.45, 7) is 0.282. The largest absolute Gasteiger partial charge is 0.481 e. The van der Waals surface area contributed by atoms with Gasteiger partial charge < -0.3 is 21.1 Å². The van der Waals surface area contributed by atoms with E-state index < -0.39 is 12.0 Å². The molecule has 0 fully saturated rings. The van der Waals surface area contributed by atoms with E-state index in [1.165, 1.54) is 0 Å². The van der Waals surface area contributed by atoms with Gasteiger partial charge in [0.25, 0.3) is 0 Å². The first-order valence-corrected chi connectivity index (χ1v) is 5.59. The van der Waals surface area contributed by atoms with Crippen molar-refractivity contribution in [3.05, 3.63) is 23.8 Å². The van der Waals surface area contributed by atoms with Crippen molar-refractivity contribution in [1.82, 2.24) is 0 Å². The number of benzene rings is 1. The average Bonchev–Trinajstić information content (AvgIpc) is 2.27. The molecule has 1 aromatic carbocycles. The van der Waals surface area contributed by atoms with Crippen LogP contribution in [0.2, 0.25) is 0 Å². The van der Waals surface area contributed by atoms with Crippen LogP contribution < -0.4 is 16.0 Å². The lowest BCUT2D eigenvalue weighted by Crippen LogP contribution is -2.35. The van der Waals surface area contributed by atoms with Crippen LogP contribution in [0.5, 0.6) is 0 Å². The van der Waals surface area contributed by atoms with Crippen molar-refractivity contribution in [2.75, 3.05) is 23.8 Å². The maximum absolute atomic E-state index is 11.3. The molecule has 96 valence electrons. The van der Waals surface area contributed by atoms with E-state index in [9.17, 15) is 9.59 Å². The molecule has 4 N–H and O–H groups in total. The SMILES string of the molecule is CN1CC(=O)Nc2ccc(C(N)CC(=O)O)cc21. The molecule has 1 heterocycles. The molecule has 0 saturated carbocycles. The summed E-state index contributed by atoms with van der Waals surface area (Å²) in [4.78, 5) is 23.8. The molecule has 0 radical (unpaired) electrons. The number of hydrogen-bond acceptors (Lipinski definition) is 4. The summed E-state index contributed by atoms with van der Waals surface area (Å²) in [6, 6.07) is 4.77. The number of fused-ring (bicyclic) bond motifs is 1. The zero-order valence-corrected chi connectivity index (χ0v) is 10.0. The van der Waals surface area contributed by atoms with Gasteiger partial charge in [0.2, 0.25) is 5.91 Å². The molecule has 2 rings (SSSR count). The first-order valence-electron chi connectivity index (χ1n) is 5.59. The van der Waals surface area contributed by atoms with Crippen molar-refractivity contribution in [2.45, 2.75) is 12.5 Å². The third-order valence-electron chi connectivity index (χ3n) is 2.91. The fourth-order valence-electron chi connectivity index (χ4n) is 2.00. The predicted molar refractivity (Wildman–Crippen MR) is 67.5 cm³/mol. The number of nitrogens with one attached hydrogen (secondary N) is 1. The smallest absolute Gasteiger partial charge is 0.305 e. The summed E-state index contributed by atoms with van der Waals surface area (Å²) in [5.74, 6) is -0.991. The van der Waals surface area contributed by atoms with E-state index in [1.807, 2.05) is 18.0 Å².